The molecule has 0 radical (unpaired) electrons. The van der Waals surface area contributed by atoms with E-state index in [0.29, 0.717) is 17.0 Å². The van der Waals surface area contributed by atoms with Crippen molar-refractivity contribution in [3.63, 3.8) is 0 Å². The van der Waals surface area contributed by atoms with Crippen LogP contribution in [0.4, 0.5) is 0 Å². The third kappa shape index (κ3) is 6.57. The van der Waals surface area contributed by atoms with Gasteiger partial charge in [-0.3, -0.25) is 9.51 Å². The Morgan fingerprint density at radius 2 is 1.76 bits per heavy atom. The van der Waals surface area contributed by atoms with Crippen molar-refractivity contribution in [1.82, 2.24) is 10.1 Å². The van der Waals surface area contributed by atoms with Crippen molar-refractivity contribution in [2.24, 2.45) is 0 Å². The summed E-state index contributed by atoms with van der Waals surface area (Å²) in [5.41, 5.74) is 1.92. The summed E-state index contributed by atoms with van der Waals surface area (Å²) in [5, 5.41) is 24.5. The fraction of sp³-hybridized carbons (Fsp3) is 0.214. The first-order chi connectivity index (χ1) is 18.2. The zero-order valence-electron chi connectivity index (χ0n) is 21.2. The van der Waals surface area contributed by atoms with E-state index in [0.717, 1.165) is 16.3 Å². The topological polar surface area (TPSA) is 127 Å². The molecule has 38 heavy (non-hydrogen) atoms. The molecule has 0 aliphatic rings. The number of rotatable bonds is 10. The molecule has 10 heteroatoms. The van der Waals surface area contributed by atoms with Gasteiger partial charge >= 0.3 is 13.7 Å². The van der Waals surface area contributed by atoms with Crippen LogP contribution in [0.1, 0.15) is 29.3 Å². The second kappa shape index (κ2) is 11.8. The molecule has 4 rings (SSSR count). The minimum atomic E-state index is -4.17. The van der Waals surface area contributed by atoms with Crippen molar-refractivity contribution in [2.45, 2.75) is 40.0 Å². The molecule has 1 unspecified atom stereocenters. The van der Waals surface area contributed by atoms with Gasteiger partial charge in [0.2, 0.25) is 0 Å². The monoisotopic (exact) mass is 536 g/mol. The summed E-state index contributed by atoms with van der Waals surface area (Å²) >= 11 is 0. The number of carbonyl (C=O) groups is 1. The Kier molecular flexibility index (Phi) is 8.44. The van der Waals surface area contributed by atoms with Crippen LogP contribution in [0, 0.1) is 13.8 Å². The predicted octanol–water partition coefficient (Wildman–Crippen LogP) is 5.34. The van der Waals surface area contributed by atoms with Gasteiger partial charge in [0.1, 0.15) is 23.3 Å². The fourth-order valence-corrected chi connectivity index (χ4v) is 5.22. The number of nitrogens with zero attached hydrogens (tertiary/aromatic N) is 1. The number of nitrogens with one attached hydrogen (secondary N) is 1. The van der Waals surface area contributed by atoms with E-state index in [1.54, 1.807) is 49.4 Å². The highest BCUT2D eigenvalue weighted by Gasteiger charge is 2.33. The lowest BCUT2D eigenvalue weighted by atomic mass is 10.1. The first-order valence-electron chi connectivity index (χ1n) is 11.9. The fourth-order valence-electron chi connectivity index (χ4n) is 3.75. The lowest BCUT2D eigenvalue weighted by Gasteiger charge is -2.23. The van der Waals surface area contributed by atoms with E-state index in [1.165, 1.54) is 13.1 Å². The van der Waals surface area contributed by atoms with E-state index >= 15 is 0 Å². The molecule has 9 nitrogen and oxygen atoms in total. The van der Waals surface area contributed by atoms with Crippen LogP contribution in [0.3, 0.4) is 0 Å². The maximum absolute atomic E-state index is 13.8. The molecule has 198 valence electrons. The molecule has 0 aliphatic heterocycles. The van der Waals surface area contributed by atoms with E-state index in [4.69, 9.17) is 13.8 Å². The minimum Gasteiger partial charge on any atom is -0.506 e. The molecule has 3 N–H and O–H groups in total. The van der Waals surface area contributed by atoms with E-state index < -0.39 is 26.4 Å². The third-order valence-electron chi connectivity index (χ3n) is 5.84. The summed E-state index contributed by atoms with van der Waals surface area (Å²) in [6, 6.07) is 18.5. The molecular formula is C28H29N2O7P. The maximum atomic E-state index is 13.8. The zero-order valence-corrected chi connectivity index (χ0v) is 22.1. The van der Waals surface area contributed by atoms with E-state index in [1.807, 2.05) is 31.2 Å². The van der Waals surface area contributed by atoms with Crippen LogP contribution in [0.5, 0.6) is 17.2 Å². The van der Waals surface area contributed by atoms with Crippen LogP contribution in [-0.2, 0) is 27.1 Å². The summed E-state index contributed by atoms with van der Waals surface area (Å²) in [6.07, 6.45) is 1.41. The molecule has 0 bridgehead atoms. The molecule has 3 aromatic carbocycles. The first-order valence-corrected chi connectivity index (χ1v) is 13.5. The first kappa shape index (κ1) is 27.3. The normalized spacial score (nSPS) is 13.6. The van der Waals surface area contributed by atoms with Gasteiger partial charge in [-0.15, -0.1) is 0 Å². The van der Waals surface area contributed by atoms with Crippen LogP contribution in [0.25, 0.3) is 10.8 Å². The van der Waals surface area contributed by atoms with Crippen LogP contribution in [-0.4, -0.2) is 27.2 Å². The van der Waals surface area contributed by atoms with Crippen molar-refractivity contribution in [1.29, 1.82) is 0 Å². The van der Waals surface area contributed by atoms with Crippen molar-refractivity contribution in [2.75, 3.05) is 0 Å². The molecule has 0 amide bonds. The molecule has 2 atom stereocenters. The number of para-hydroxylation sites is 1. The Morgan fingerprint density at radius 3 is 2.50 bits per heavy atom. The maximum Gasteiger partial charge on any atom is 0.459 e. The SMILES string of the molecule is Cc1ccc2ccc(OC(=O)[C@H](C)NP(=O)(OCc3cnc(C)c(O)c3CO)Oc3ccccc3)cc2c1. The lowest BCUT2D eigenvalue weighted by Crippen LogP contribution is -2.36. The van der Waals surface area contributed by atoms with Gasteiger partial charge in [0, 0.05) is 17.3 Å². The summed E-state index contributed by atoms with van der Waals surface area (Å²) in [6.45, 7) is 4.26. The van der Waals surface area contributed by atoms with E-state index in [9.17, 15) is 19.6 Å². The van der Waals surface area contributed by atoms with Gasteiger partial charge in [-0.2, -0.15) is 5.09 Å². The molecule has 0 fully saturated rings. The Bertz CT molecular complexity index is 1490. The number of benzene rings is 3. The van der Waals surface area contributed by atoms with Crippen LogP contribution in [0.2, 0.25) is 0 Å². The van der Waals surface area contributed by atoms with Crippen molar-refractivity contribution in [3.05, 3.63) is 95.3 Å². The number of ether oxygens (including phenoxy) is 1. The number of hydrogen-bond acceptors (Lipinski definition) is 8. The quantitative estimate of drug-likeness (QED) is 0.140. The zero-order chi connectivity index (χ0) is 27.3. The van der Waals surface area contributed by atoms with Crippen molar-refractivity contribution in [3.8, 4) is 17.2 Å². The predicted molar refractivity (Wildman–Crippen MR) is 143 cm³/mol. The van der Waals surface area contributed by atoms with E-state index in [-0.39, 0.29) is 23.7 Å². The number of hydrogen-bond donors (Lipinski definition) is 3. The average molecular weight is 537 g/mol. The molecule has 0 spiro atoms. The summed E-state index contributed by atoms with van der Waals surface area (Å²) in [4.78, 5) is 17.0. The molecule has 0 saturated heterocycles. The van der Waals surface area contributed by atoms with Gasteiger partial charge in [0.15, 0.2) is 0 Å². The molecule has 1 heterocycles. The lowest BCUT2D eigenvalue weighted by molar-refractivity contribution is -0.135. The number of carbonyl (C=O) groups excluding carboxylic acids is 1. The number of aromatic nitrogens is 1. The second-order valence-electron chi connectivity index (χ2n) is 8.81. The van der Waals surface area contributed by atoms with Gasteiger partial charge in [-0.05, 0) is 55.8 Å². The van der Waals surface area contributed by atoms with Gasteiger partial charge in [0.25, 0.3) is 0 Å². The number of esters is 1. The van der Waals surface area contributed by atoms with Crippen molar-refractivity contribution < 1.29 is 33.4 Å². The molecule has 0 saturated carbocycles. The third-order valence-corrected chi connectivity index (χ3v) is 7.46. The van der Waals surface area contributed by atoms with E-state index in [2.05, 4.69) is 10.1 Å². The number of fused-ring (bicyclic) bond motifs is 1. The number of aliphatic hydroxyl groups is 1. The highest BCUT2D eigenvalue weighted by atomic mass is 31.2. The number of pyridine rings is 1. The number of aryl methyl sites for hydroxylation is 2. The second-order valence-corrected chi connectivity index (χ2v) is 10.5. The van der Waals surface area contributed by atoms with Crippen molar-refractivity contribution >= 4 is 24.5 Å². The standard InChI is InChI=1S/C28H29N2O7P/c1-18-9-10-21-11-12-25(14-22(21)13-18)36-28(33)20(3)30-38(34,37-24-7-5-4-6-8-24)35-17-23-15-29-19(2)27(32)26(23)16-31/h4-15,20,31-32H,16-17H2,1-3H3,(H,30,34)/t20-,38?/m0/s1. The Hall–Kier alpha value is -3.75. The largest absolute Gasteiger partial charge is 0.506 e. The van der Waals surface area contributed by atoms with Crippen LogP contribution >= 0.6 is 7.75 Å². The minimum absolute atomic E-state index is 0.178. The Morgan fingerprint density at radius 1 is 1.03 bits per heavy atom. The number of aliphatic hydroxyl groups excluding tert-OH is 1. The summed E-state index contributed by atoms with van der Waals surface area (Å²) in [5.74, 6) is -0.276. The summed E-state index contributed by atoms with van der Waals surface area (Å²) < 4.78 is 30.6. The van der Waals surface area contributed by atoms with Gasteiger partial charge in [-0.25, -0.2) is 9.36 Å². The van der Waals surface area contributed by atoms with Gasteiger partial charge in [0.05, 0.1) is 18.9 Å². The van der Waals surface area contributed by atoms with Crippen LogP contribution < -0.4 is 14.3 Å². The highest BCUT2D eigenvalue weighted by molar-refractivity contribution is 7.52. The van der Waals surface area contributed by atoms with Gasteiger partial charge in [-0.1, -0.05) is 48.0 Å². The Labute approximate surface area is 220 Å². The molecular weight excluding hydrogens is 507 g/mol. The molecule has 1 aromatic heterocycles. The molecule has 4 aromatic rings. The average Bonchev–Trinajstić information content (AvgIpc) is 2.89. The number of aromatic hydroxyl groups is 1. The highest BCUT2D eigenvalue weighted by Crippen LogP contribution is 2.46. The summed E-state index contributed by atoms with van der Waals surface area (Å²) in [7, 11) is -4.17. The molecule has 0 aliphatic carbocycles. The van der Waals surface area contributed by atoms with Gasteiger partial charge < -0.3 is 19.5 Å². The Balaban J connectivity index is 1.52. The van der Waals surface area contributed by atoms with Crippen LogP contribution in [0.15, 0.2) is 72.9 Å². The smallest absolute Gasteiger partial charge is 0.459 e.